The van der Waals surface area contributed by atoms with Crippen molar-refractivity contribution in [3.63, 3.8) is 0 Å². The number of nitrogens with one attached hydrogen (secondary N) is 1. The van der Waals surface area contributed by atoms with Gasteiger partial charge >= 0.3 is 5.88 Å². The van der Waals surface area contributed by atoms with Crippen LogP contribution in [0.2, 0.25) is 0 Å². The fourth-order valence-corrected chi connectivity index (χ4v) is 4.30. The first kappa shape index (κ1) is 23.6. The van der Waals surface area contributed by atoms with Crippen LogP contribution in [-0.4, -0.2) is 48.5 Å². The van der Waals surface area contributed by atoms with Crippen LogP contribution in [0.25, 0.3) is 6.08 Å². The Hall–Kier alpha value is -4.16. The first-order chi connectivity index (χ1) is 17.6. The lowest BCUT2D eigenvalue weighted by Crippen LogP contribution is -2.36. The molecule has 36 heavy (non-hydrogen) atoms. The number of para-hydroxylation sites is 1. The molecule has 2 aromatic carbocycles. The zero-order valence-electron chi connectivity index (χ0n) is 19.2. The van der Waals surface area contributed by atoms with E-state index in [1.807, 2.05) is 36.4 Å². The second-order valence-corrected chi connectivity index (χ2v) is 8.61. The Bertz CT molecular complexity index is 1340. The van der Waals surface area contributed by atoms with Crippen molar-refractivity contribution in [3.05, 3.63) is 66.0 Å². The zero-order chi connectivity index (χ0) is 24.9. The lowest BCUT2D eigenvalue weighted by Gasteiger charge is -2.17. The zero-order valence-corrected chi connectivity index (χ0v) is 20.1. The summed E-state index contributed by atoms with van der Waals surface area (Å²) in [6.07, 6.45) is 3.25. The van der Waals surface area contributed by atoms with E-state index in [2.05, 4.69) is 15.6 Å². The number of hydrogen-bond acceptors (Lipinski definition) is 9. The van der Waals surface area contributed by atoms with Gasteiger partial charge in [-0.15, -0.1) is 0 Å². The molecule has 3 heterocycles. The van der Waals surface area contributed by atoms with E-state index < -0.39 is 0 Å². The third kappa shape index (κ3) is 5.24. The molecular formula is C24H22N5O6S+. The highest BCUT2D eigenvalue weighted by Crippen LogP contribution is 2.34. The summed E-state index contributed by atoms with van der Waals surface area (Å²) in [7, 11) is 1.59. The van der Waals surface area contributed by atoms with Gasteiger partial charge in [0.15, 0.2) is 16.7 Å². The standard InChI is InChI=1S/C24H21N5O6S/c1-32-10-9-28-13-22(35-27-28)26-21(30)14-36-24-25-18(23(31)29(24)17-5-3-2-4-6-17)11-16-7-8-19-20(12-16)34-15-33-19/h2-8,11-13H,9-10,14-15H2,1H3/p+1/b18-11+. The average molecular weight is 509 g/mol. The summed E-state index contributed by atoms with van der Waals surface area (Å²) in [5.74, 6) is 0.862. The Kier molecular flexibility index (Phi) is 6.96. The maximum Gasteiger partial charge on any atom is 0.302 e. The van der Waals surface area contributed by atoms with Crippen LogP contribution in [0.15, 0.2) is 69.9 Å². The molecule has 3 aromatic rings. The Morgan fingerprint density at radius 1 is 1.22 bits per heavy atom. The molecule has 0 aliphatic carbocycles. The van der Waals surface area contributed by atoms with Crippen molar-refractivity contribution in [3.8, 4) is 11.5 Å². The molecule has 0 unspecified atom stereocenters. The molecule has 11 nitrogen and oxygen atoms in total. The van der Waals surface area contributed by atoms with Crippen molar-refractivity contribution in [2.45, 2.75) is 6.54 Å². The van der Waals surface area contributed by atoms with Crippen molar-refractivity contribution in [1.82, 2.24) is 5.27 Å². The van der Waals surface area contributed by atoms with E-state index in [1.54, 1.807) is 31.5 Å². The van der Waals surface area contributed by atoms with Gasteiger partial charge < -0.3 is 14.2 Å². The SMILES string of the molecule is COCC[n+]1cc(NC(=O)CSC2=N/C(=C/c3ccc4c(c3)OCO4)C(=O)N2c2ccccc2)on1. The molecule has 2 aliphatic rings. The molecule has 0 saturated heterocycles. The van der Waals surface area contributed by atoms with Crippen LogP contribution in [0.4, 0.5) is 11.6 Å². The molecular weight excluding hydrogens is 486 g/mol. The summed E-state index contributed by atoms with van der Waals surface area (Å²) in [6.45, 7) is 1.12. The molecule has 2 aliphatic heterocycles. The van der Waals surface area contributed by atoms with Crippen molar-refractivity contribution < 1.29 is 33.0 Å². The molecule has 2 amide bonds. The lowest BCUT2D eigenvalue weighted by atomic mass is 10.1. The summed E-state index contributed by atoms with van der Waals surface area (Å²) in [5, 5.41) is 6.86. The summed E-state index contributed by atoms with van der Waals surface area (Å²) in [4.78, 5) is 31.9. The average Bonchev–Trinajstić information content (AvgIpc) is 3.61. The third-order valence-electron chi connectivity index (χ3n) is 5.17. The van der Waals surface area contributed by atoms with Crippen LogP contribution in [-0.2, 0) is 20.9 Å². The predicted molar refractivity (Wildman–Crippen MR) is 132 cm³/mol. The number of fused-ring (bicyclic) bond motifs is 1. The number of thioether (sulfide) groups is 1. The number of carbonyl (C=O) groups excluding carboxylic acids is 2. The van der Waals surface area contributed by atoms with Crippen molar-refractivity contribution in [2.75, 3.05) is 36.5 Å². The van der Waals surface area contributed by atoms with Gasteiger partial charge in [0.2, 0.25) is 24.5 Å². The number of aromatic nitrogens is 2. The number of aliphatic imine (C=N–C) groups is 1. The smallest absolute Gasteiger partial charge is 0.302 e. The minimum absolute atomic E-state index is 0.00548. The Balaban J connectivity index is 1.32. The van der Waals surface area contributed by atoms with Gasteiger partial charge in [-0.1, -0.05) is 36.0 Å². The minimum atomic E-state index is -0.327. The van der Waals surface area contributed by atoms with Crippen LogP contribution in [0.5, 0.6) is 11.5 Å². The number of benzene rings is 2. The molecule has 0 atom stereocenters. The largest absolute Gasteiger partial charge is 0.454 e. The number of carbonyl (C=O) groups is 2. The number of anilines is 2. The van der Waals surface area contributed by atoms with E-state index in [0.717, 1.165) is 17.3 Å². The second-order valence-electron chi connectivity index (χ2n) is 7.67. The van der Waals surface area contributed by atoms with Gasteiger partial charge in [-0.05, 0) is 40.6 Å². The number of methoxy groups -OCH3 is 1. The molecule has 0 spiro atoms. The number of nitrogens with zero attached hydrogens (tertiary/aromatic N) is 4. The molecule has 0 radical (unpaired) electrons. The monoisotopic (exact) mass is 508 g/mol. The van der Waals surface area contributed by atoms with E-state index in [-0.39, 0.29) is 35.9 Å². The van der Waals surface area contributed by atoms with E-state index in [0.29, 0.717) is 35.5 Å². The highest BCUT2D eigenvalue weighted by Gasteiger charge is 2.32. The Morgan fingerprint density at radius 3 is 2.89 bits per heavy atom. The van der Waals surface area contributed by atoms with Crippen LogP contribution in [0, 0.1) is 0 Å². The fraction of sp³-hybridized carbons (Fsp3) is 0.208. The first-order valence-corrected chi connectivity index (χ1v) is 12.0. The van der Waals surface area contributed by atoms with Gasteiger partial charge in [0.05, 0.1) is 11.4 Å². The predicted octanol–water partition coefficient (Wildman–Crippen LogP) is 2.45. The second kappa shape index (κ2) is 10.6. The van der Waals surface area contributed by atoms with E-state index in [4.69, 9.17) is 18.7 Å². The van der Waals surface area contributed by atoms with Gasteiger partial charge in [0.1, 0.15) is 12.3 Å². The Morgan fingerprint density at radius 2 is 2.06 bits per heavy atom. The highest BCUT2D eigenvalue weighted by atomic mass is 32.2. The van der Waals surface area contributed by atoms with Gasteiger partial charge in [-0.2, -0.15) is 0 Å². The number of amides is 2. The van der Waals surface area contributed by atoms with Crippen LogP contribution in [0.3, 0.4) is 0 Å². The molecule has 184 valence electrons. The van der Waals surface area contributed by atoms with Crippen molar-refractivity contribution in [1.29, 1.82) is 0 Å². The van der Waals surface area contributed by atoms with Gasteiger partial charge in [0.25, 0.3) is 12.1 Å². The molecule has 12 heteroatoms. The fourth-order valence-electron chi connectivity index (χ4n) is 3.49. The molecule has 0 saturated carbocycles. The summed E-state index contributed by atoms with van der Waals surface area (Å²) in [6, 6.07) is 14.6. The van der Waals surface area contributed by atoms with Crippen molar-refractivity contribution >= 4 is 46.4 Å². The first-order valence-electron chi connectivity index (χ1n) is 11.0. The third-order valence-corrected chi connectivity index (χ3v) is 6.11. The van der Waals surface area contributed by atoms with Gasteiger partial charge in [-0.3, -0.25) is 24.3 Å². The van der Waals surface area contributed by atoms with E-state index >= 15 is 0 Å². The maximum atomic E-state index is 13.3. The van der Waals surface area contributed by atoms with Gasteiger partial charge in [0, 0.05) is 7.11 Å². The van der Waals surface area contributed by atoms with E-state index in [9.17, 15) is 9.59 Å². The molecule has 5 rings (SSSR count). The summed E-state index contributed by atoms with van der Waals surface area (Å²) < 4.78 is 22.4. The quantitative estimate of drug-likeness (QED) is 0.364. The number of ether oxygens (including phenoxy) is 3. The summed E-state index contributed by atoms with van der Waals surface area (Å²) >= 11 is 1.14. The maximum absolute atomic E-state index is 13.3. The van der Waals surface area contributed by atoms with Crippen LogP contribution < -0.4 is 24.4 Å². The molecule has 0 bridgehead atoms. The number of amidine groups is 1. The van der Waals surface area contributed by atoms with Crippen molar-refractivity contribution in [2.24, 2.45) is 4.99 Å². The lowest BCUT2D eigenvalue weighted by molar-refractivity contribution is -0.763. The Labute approximate surface area is 210 Å². The number of rotatable bonds is 8. The van der Waals surface area contributed by atoms with Crippen LogP contribution in [0.1, 0.15) is 5.56 Å². The highest BCUT2D eigenvalue weighted by molar-refractivity contribution is 8.14. The normalized spacial score (nSPS) is 15.5. The summed E-state index contributed by atoms with van der Waals surface area (Å²) in [5.41, 5.74) is 1.64. The van der Waals surface area contributed by atoms with Gasteiger partial charge in [-0.25, -0.2) is 4.99 Å². The molecule has 1 N–H and O–H groups in total. The topological polar surface area (TPSA) is 119 Å². The van der Waals surface area contributed by atoms with E-state index in [1.165, 1.54) is 9.58 Å². The number of hydrogen-bond donors (Lipinski definition) is 1. The molecule has 0 fully saturated rings. The molecule has 1 aromatic heterocycles. The van der Waals surface area contributed by atoms with Crippen LogP contribution >= 0.6 is 11.8 Å². The minimum Gasteiger partial charge on any atom is -0.454 e.